The summed E-state index contributed by atoms with van der Waals surface area (Å²) in [6, 6.07) is 10.6. The zero-order valence-electron chi connectivity index (χ0n) is 9.66. The van der Waals surface area contributed by atoms with Crippen LogP contribution in [0.2, 0.25) is 0 Å². The Labute approximate surface area is 95.4 Å². The molecule has 1 aliphatic heterocycles. The third-order valence-corrected chi connectivity index (χ3v) is 3.42. The highest BCUT2D eigenvalue weighted by atomic mass is 16.5. The van der Waals surface area contributed by atoms with Gasteiger partial charge in [-0.15, -0.1) is 0 Å². The van der Waals surface area contributed by atoms with Gasteiger partial charge in [0.15, 0.2) is 0 Å². The van der Waals surface area contributed by atoms with E-state index in [9.17, 15) is 0 Å². The lowest BCUT2D eigenvalue weighted by Gasteiger charge is -2.15. The summed E-state index contributed by atoms with van der Waals surface area (Å²) in [5, 5.41) is 2.56. The van der Waals surface area contributed by atoms with E-state index in [4.69, 9.17) is 4.74 Å². The molecule has 0 fully saturated rings. The first-order chi connectivity index (χ1) is 7.81. The first kappa shape index (κ1) is 9.52. The van der Waals surface area contributed by atoms with E-state index in [0.29, 0.717) is 0 Å². The SMILES string of the molecule is COc1cc2c(c3ccccc13)CCN2C. The van der Waals surface area contributed by atoms with Crippen LogP contribution in [0, 0.1) is 0 Å². The molecule has 0 aromatic heterocycles. The predicted octanol–water partition coefficient (Wildman–Crippen LogP) is 2.84. The van der Waals surface area contributed by atoms with Crippen molar-refractivity contribution in [1.82, 2.24) is 0 Å². The second-order valence-corrected chi connectivity index (χ2v) is 4.29. The lowest BCUT2D eigenvalue weighted by atomic mass is 10.0. The Kier molecular flexibility index (Phi) is 2.03. The fraction of sp³-hybridized carbons (Fsp3) is 0.286. The molecule has 2 aromatic carbocycles. The van der Waals surface area contributed by atoms with Crippen molar-refractivity contribution in [2.24, 2.45) is 0 Å². The van der Waals surface area contributed by atoms with Gasteiger partial charge in [-0.05, 0) is 17.4 Å². The van der Waals surface area contributed by atoms with Gasteiger partial charge in [-0.2, -0.15) is 0 Å². The van der Waals surface area contributed by atoms with Crippen LogP contribution in [0.5, 0.6) is 5.75 Å². The maximum Gasteiger partial charge on any atom is 0.128 e. The van der Waals surface area contributed by atoms with Gasteiger partial charge in [0.2, 0.25) is 0 Å². The highest BCUT2D eigenvalue weighted by Crippen LogP contribution is 2.38. The number of ether oxygens (including phenoxy) is 1. The Morgan fingerprint density at radius 3 is 2.69 bits per heavy atom. The molecule has 0 aliphatic carbocycles. The fourth-order valence-electron chi connectivity index (χ4n) is 2.56. The summed E-state index contributed by atoms with van der Waals surface area (Å²) >= 11 is 0. The zero-order chi connectivity index (χ0) is 11.1. The van der Waals surface area contributed by atoms with Gasteiger partial charge in [-0.3, -0.25) is 0 Å². The van der Waals surface area contributed by atoms with Crippen LogP contribution in [0.4, 0.5) is 5.69 Å². The van der Waals surface area contributed by atoms with Crippen LogP contribution in [-0.2, 0) is 6.42 Å². The summed E-state index contributed by atoms with van der Waals surface area (Å²) in [6.45, 7) is 1.10. The summed E-state index contributed by atoms with van der Waals surface area (Å²) in [5.41, 5.74) is 2.77. The molecule has 3 rings (SSSR count). The minimum Gasteiger partial charge on any atom is -0.496 e. The van der Waals surface area contributed by atoms with Crippen LogP contribution < -0.4 is 9.64 Å². The molecule has 1 aliphatic rings. The number of hydrogen-bond acceptors (Lipinski definition) is 2. The number of nitrogens with zero attached hydrogens (tertiary/aromatic N) is 1. The van der Waals surface area contributed by atoms with E-state index in [1.54, 1.807) is 7.11 Å². The molecule has 0 spiro atoms. The summed E-state index contributed by atoms with van der Waals surface area (Å²) in [4.78, 5) is 2.30. The molecular weight excluding hydrogens is 198 g/mol. The van der Waals surface area contributed by atoms with Gasteiger partial charge in [0, 0.05) is 30.7 Å². The second kappa shape index (κ2) is 3.41. The van der Waals surface area contributed by atoms with Gasteiger partial charge in [-0.1, -0.05) is 24.3 Å². The molecule has 82 valence electrons. The van der Waals surface area contributed by atoms with Crippen molar-refractivity contribution in [3.05, 3.63) is 35.9 Å². The maximum absolute atomic E-state index is 5.47. The van der Waals surface area contributed by atoms with Crippen LogP contribution in [0.1, 0.15) is 5.56 Å². The lowest BCUT2D eigenvalue weighted by Crippen LogP contribution is -2.12. The lowest BCUT2D eigenvalue weighted by molar-refractivity contribution is 0.420. The smallest absolute Gasteiger partial charge is 0.128 e. The number of hydrogen-bond donors (Lipinski definition) is 0. The summed E-state index contributed by atoms with van der Waals surface area (Å²) in [7, 11) is 3.88. The molecule has 0 amide bonds. The Morgan fingerprint density at radius 1 is 1.19 bits per heavy atom. The Morgan fingerprint density at radius 2 is 1.94 bits per heavy atom. The standard InChI is InChI=1S/C14H15NO/c1-15-8-7-11-10-5-3-4-6-12(10)14(16-2)9-13(11)15/h3-6,9H,7-8H2,1-2H3. The van der Waals surface area contributed by atoms with E-state index in [2.05, 4.69) is 42.3 Å². The fourth-order valence-corrected chi connectivity index (χ4v) is 2.56. The molecule has 0 N–H and O–H groups in total. The normalized spacial score (nSPS) is 14.2. The Hall–Kier alpha value is -1.70. The second-order valence-electron chi connectivity index (χ2n) is 4.29. The average Bonchev–Trinajstić information content (AvgIpc) is 2.70. The molecule has 2 aromatic rings. The quantitative estimate of drug-likeness (QED) is 0.722. The number of rotatable bonds is 1. The van der Waals surface area contributed by atoms with Crippen LogP contribution in [-0.4, -0.2) is 20.7 Å². The minimum atomic E-state index is 0.975. The number of methoxy groups -OCH3 is 1. The van der Waals surface area contributed by atoms with E-state index < -0.39 is 0 Å². The van der Waals surface area contributed by atoms with Crippen LogP contribution in [0.3, 0.4) is 0 Å². The van der Waals surface area contributed by atoms with Crippen LogP contribution >= 0.6 is 0 Å². The highest BCUT2D eigenvalue weighted by Gasteiger charge is 2.20. The minimum absolute atomic E-state index is 0.975. The molecular formula is C14H15NO. The Bertz CT molecular complexity index is 548. The molecule has 16 heavy (non-hydrogen) atoms. The third-order valence-electron chi connectivity index (χ3n) is 3.42. The maximum atomic E-state index is 5.47. The van der Waals surface area contributed by atoms with Crippen LogP contribution in [0.15, 0.2) is 30.3 Å². The predicted molar refractivity (Wildman–Crippen MR) is 67.5 cm³/mol. The summed E-state index contributed by atoms with van der Waals surface area (Å²) < 4.78 is 5.47. The van der Waals surface area contributed by atoms with Crippen molar-refractivity contribution in [3.8, 4) is 5.75 Å². The topological polar surface area (TPSA) is 12.5 Å². The van der Waals surface area contributed by atoms with Crippen LogP contribution in [0.25, 0.3) is 10.8 Å². The van der Waals surface area contributed by atoms with Crippen molar-refractivity contribution in [2.75, 3.05) is 25.6 Å². The molecule has 1 heterocycles. The van der Waals surface area contributed by atoms with E-state index in [-0.39, 0.29) is 0 Å². The molecule has 0 atom stereocenters. The van der Waals surface area contributed by atoms with Gasteiger partial charge in [-0.25, -0.2) is 0 Å². The van der Waals surface area contributed by atoms with Gasteiger partial charge in [0.25, 0.3) is 0 Å². The van der Waals surface area contributed by atoms with Crippen molar-refractivity contribution in [3.63, 3.8) is 0 Å². The van der Waals surface area contributed by atoms with Crippen molar-refractivity contribution < 1.29 is 4.74 Å². The third kappa shape index (κ3) is 1.19. The number of likely N-dealkylation sites (N-methyl/N-ethyl adjacent to an activating group) is 1. The van der Waals surface area contributed by atoms with Gasteiger partial charge < -0.3 is 9.64 Å². The van der Waals surface area contributed by atoms with Crippen molar-refractivity contribution in [1.29, 1.82) is 0 Å². The van der Waals surface area contributed by atoms with E-state index in [0.717, 1.165) is 18.7 Å². The molecule has 0 saturated carbocycles. The van der Waals surface area contributed by atoms with Gasteiger partial charge in [0.1, 0.15) is 5.75 Å². The molecule has 0 saturated heterocycles. The molecule has 2 heteroatoms. The molecule has 2 nitrogen and oxygen atoms in total. The molecule has 0 radical (unpaired) electrons. The van der Waals surface area contributed by atoms with Crippen molar-refractivity contribution in [2.45, 2.75) is 6.42 Å². The van der Waals surface area contributed by atoms with E-state index in [1.165, 1.54) is 22.0 Å². The Balaban J connectivity index is 2.39. The van der Waals surface area contributed by atoms with Gasteiger partial charge in [0.05, 0.1) is 7.11 Å². The largest absolute Gasteiger partial charge is 0.496 e. The summed E-state index contributed by atoms with van der Waals surface area (Å²) in [5.74, 6) is 0.975. The summed E-state index contributed by atoms with van der Waals surface area (Å²) in [6.07, 6.45) is 1.14. The van der Waals surface area contributed by atoms with E-state index in [1.807, 2.05) is 0 Å². The first-order valence-corrected chi connectivity index (χ1v) is 5.61. The number of fused-ring (bicyclic) bond motifs is 3. The average molecular weight is 213 g/mol. The monoisotopic (exact) mass is 213 g/mol. The van der Waals surface area contributed by atoms with Crippen molar-refractivity contribution >= 4 is 16.5 Å². The first-order valence-electron chi connectivity index (χ1n) is 5.61. The number of anilines is 1. The highest BCUT2D eigenvalue weighted by molar-refractivity contribution is 5.96. The van der Waals surface area contributed by atoms with Gasteiger partial charge >= 0.3 is 0 Å². The number of benzene rings is 2. The van der Waals surface area contributed by atoms with E-state index >= 15 is 0 Å². The molecule has 0 unspecified atom stereocenters. The zero-order valence-corrected chi connectivity index (χ0v) is 9.66. The molecule has 0 bridgehead atoms.